The number of aryl methyl sites for hydroxylation is 3. The molecule has 1 fully saturated rings. The predicted octanol–water partition coefficient (Wildman–Crippen LogP) is 6.12. The molecule has 0 atom stereocenters. The minimum absolute atomic E-state index is 0.198. The Hall–Kier alpha value is -3.35. The number of benzene rings is 3. The SMILES string of the molecule is COc1ccc(/C=C2/NC(=S)N(c3cccc(C)c3)C2=O)cc1COc1cc(C)c(Cl)c(C)c1. The van der Waals surface area contributed by atoms with Crippen molar-refractivity contribution in [3.05, 3.63) is 93.1 Å². The summed E-state index contributed by atoms with van der Waals surface area (Å²) in [6.45, 7) is 6.18. The lowest BCUT2D eigenvalue weighted by Crippen LogP contribution is -2.30. The topological polar surface area (TPSA) is 50.8 Å². The second-order valence-electron chi connectivity index (χ2n) is 8.20. The van der Waals surface area contributed by atoms with Crippen LogP contribution in [0.5, 0.6) is 11.5 Å². The molecule has 0 unspecified atom stereocenters. The van der Waals surface area contributed by atoms with E-state index in [1.807, 2.05) is 75.4 Å². The molecule has 4 rings (SSSR count). The van der Waals surface area contributed by atoms with Gasteiger partial charge in [0.2, 0.25) is 0 Å². The Morgan fingerprint density at radius 3 is 2.47 bits per heavy atom. The molecule has 7 heteroatoms. The summed E-state index contributed by atoms with van der Waals surface area (Å²) in [7, 11) is 1.62. The van der Waals surface area contributed by atoms with Gasteiger partial charge in [-0.3, -0.25) is 9.69 Å². The molecule has 1 aliphatic rings. The molecule has 1 N–H and O–H groups in total. The van der Waals surface area contributed by atoms with Crippen molar-refractivity contribution in [3.63, 3.8) is 0 Å². The highest BCUT2D eigenvalue weighted by Crippen LogP contribution is 2.29. The Morgan fingerprint density at radius 1 is 1.06 bits per heavy atom. The number of rotatable bonds is 6. The number of hydrogen-bond donors (Lipinski definition) is 1. The molecule has 3 aromatic carbocycles. The minimum atomic E-state index is -0.198. The van der Waals surface area contributed by atoms with Gasteiger partial charge in [-0.1, -0.05) is 29.8 Å². The smallest absolute Gasteiger partial charge is 0.281 e. The Balaban J connectivity index is 1.58. The summed E-state index contributed by atoms with van der Waals surface area (Å²) in [6, 6.07) is 17.2. The summed E-state index contributed by atoms with van der Waals surface area (Å²) in [5.74, 6) is 1.24. The second kappa shape index (κ2) is 9.87. The molecular weight excluding hydrogens is 468 g/mol. The van der Waals surface area contributed by atoms with E-state index in [1.165, 1.54) is 4.90 Å². The first kappa shape index (κ1) is 23.8. The second-order valence-corrected chi connectivity index (χ2v) is 8.96. The van der Waals surface area contributed by atoms with Gasteiger partial charge >= 0.3 is 0 Å². The maximum Gasteiger partial charge on any atom is 0.281 e. The van der Waals surface area contributed by atoms with E-state index < -0.39 is 0 Å². The van der Waals surface area contributed by atoms with Crippen LogP contribution in [-0.4, -0.2) is 18.1 Å². The lowest BCUT2D eigenvalue weighted by Gasteiger charge is -2.14. The van der Waals surface area contributed by atoms with Crippen molar-refractivity contribution in [2.24, 2.45) is 0 Å². The van der Waals surface area contributed by atoms with Gasteiger partial charge in [0.1, 0.15) is 23.8 Å². The molecule has 1 aliphatic heterocycles. The molecule has 1 heterocycles. The molecular formula is C27H25ClN2O3S. The molecule has 1 amide bonds. The Kier molecular flexibility index (Phi) is 6.91. The summed E-state index contributed by atoms with van der Waals surface area (Å²) in [5.41, 5.74) is 5.80. The van der Waals surface area contributed by atoms with Crippen LogP contribution in [0.25, 0.3) is 6.08 Å². The fourth-order valence-corrected chi connectivity index (χ4v) is 4.26. The van der Waals surface area contributed by atoms with Crippen LogP contribution >= 0.6 is 23.8 Å². The largest absolute Gasteiger partial charge is 0.496 e. The van der Waals surface area contributed by atoms with Crippen LogP contribution in [0.15, 0.2) is 60.3 Å². The van der Waals surface area contributed by atoms with Gasteiger partial charge in [0.05, 0.1) is 12.8 Å². The monoisotopic (exact) mass is 492 g/mol. The standard InChI is InChI=1S/C27H25ClN2O3S/c1-16-6-5-7-21(10-16)30-26(31)23(29-27(30)34)14-19-8-9-24(32-4)20(13-19)15-33-22-11-17(2)25(28)18(3)12-22/h5-14H,15H2,1-4H3,(H,29,34)/b23-14+. The van der Waals surface area contributed by atoms with E-state index in [-0.39, 0.29) is 5.91 Å². The molecule has 0 radical (unpaired) electrons. The summed E-state index contributed by atoms with van der Waals surface area (Å²) in [5, 5.41) is 4.13. The molecule has 3 aromatic rings. The Morgan fingerprint density at radius 2 is 1.79 bits per heavy atom. The van der Waals surface area contributed by atoms with E-state index in [9.17, 15) is 4.79 Å². The van der Waals surface area contributed by atoms with E-state index >= 15 is 0 Å². The molecule has 0 saturated carbocycles. The van der Waals surface area contributed by atoms with Crippen LogP contribution in [-0.2, 0) is 11.4 Å². The van der Waals surface area contributed by atoms with Crippen molar-refractivity contribution in [3.8, 4) is 11.5 Å². The zero-order valence-corrected chi connectivity index (χ0v) is 21.0. The van der Waals surface area contributed by atoms with Crippen LogP contribution in [0.2, 0.25) is 5.02 Å². The lowest BCUT2D eigenvalue weighted by molar-refractivity contribution is -0.113. The molecule has 0 aliphatic carbocycles. The number of halogens is 1. The summed E-state index contributed by atoms with van der Waals surface area (Å²) in [6.07, 6.45) is 1.78. The number of ether oxygens (including phenoxy) is 2. The van der Waals surface area contributed by atoms with Crippen LogP contribution in [0.3, 0.4) is 0 Å². The van der Waals surface area contributed by atoms with Gasteiger partial charge in [0.15, 0.2) is 5.11 Å². The first-order chi connectivity index (χ1) is 16.3. The average Bonchev–Trinajstić information content (AvgIpc) is 3.08. The van der Waals surface area contributed by atoms with Crippen LogP contribution in [0.1, 0.15) is 27.8 Å². The number of hydrogen-bond acceptors (Lipinski definition) is 4. The third kappa shape index (κ3) is 4.93. The third-order valence-electron chi connectivity index (χ3n) is 5.56. The number of carbonyl (C=O) groups excluding carboxylic acids is 1. The maximum atomic E-state index is 13.1. The summed E-state index contributed by atoms with van der Waals surface area (Å²) in [4.78, 5) is 14.6. The number of thiocarbonyl (C=S) groups is 1. The van der Waals surface area contributed by atoms with E-state index in [1.54, 1.807) is 13.2 Å². The molecule has 0 spiro atoms. The fraction of sp³-hybridized carbons (Fsp3) is 0.185. The number of carbonyl (C=O) groups is 1. The molecule has 5 nitrogen and oxygen atoms in total. The average molecular weight is 493 g/mol. The highest BCUT2D eigenvalue weighted by atomic mass is 35.5. The minimum Gasteiger partial charge on any atom is -0.496 e. The quantitative estimate of drug-likeness (QED) is 0.332. The Labute approximate surface area is 209 Å². The fourth-order valence-electron chi connectivity index (χ4n) is 3.85. The molecule has 174 valence electrons. The summed E-state index contributed by atoms with van der Waals surface area (Å²) < 4.78 is 11.5. The van der Waals surface area contributed by atoms with Gasteiger partial charge in [-0.25, -0.2) is 0 Å². The van der Waals surface area contributed by atoms with Gasteiger partial charge in [-0.2, -0.15) is 0 Å². The maximum absolute atomic E-state index is 13.1. The van der Waals surface area contributed by atoms with Gasteiger partial charge < -0.3 is 14.8 Å². The number of nitrogens with one attached hydrogen (secondary N) is 1. The third-order valence-corrected chi connectivity index (χ3v) is 6.44. The van der Waals surface area contributed by atoms with Gasteiger partial charge in [0, 0.05) is 10.6 Å². The molecule has 0 bridgehead atoms. The van der Waals surface area contributed by atoms with E-state index in [4.69, 9.17) is 33.3 Å². The lowest BCUT2D eigenvalue weighted by atomic mass is 10.1. The van der Waals surface area contributed by atoms with Gasteiger partial charge in [0.25, 0.3) is 5.91 Å². The van der Waals surface area contributed by atoms with Crippen molar-refractivity contribution in [1.82, 2.24) is 5.32 Å². The first-order valence-corrected chi connectivity index (χ1v) is 11.6. The molecule has 34 heavy (non-hydrogen) atoms. The van der Waals surface area contributed by atoms with Crippen molar-refractivity contribution in [2.75, 3.05) is 12.0 Å². The number of methoxy groups -OCH3 is 1. The van der Waals surface area contributed by atoms with E-state index in [0.717, 1.165) is 44.3 Å². The zero-order chi connectivity index (χ0) is 24.4. The van der Waals surface area contributed by atoms with Crippen LogP contribution < -0.4 is 19.7 Å². The number of nitrogens with zero attached hydrogens (tertiary/aromatic N) is 1. The number of amides is 1. The summed E-state index contributed by atoms with van der Waals surface area (Å²) >= 11 is 11.7. The molecule has 1 saturated heterocycles. The molecule has 0 aromatic heterocycles. The number of anilines is 1. The van der Waals surface area contributed by atoms with Gasteiger partial charge in [-0.15, -0.1) is 0 Å². The van der Waals surface area contributed by atoms with E-state index in [2.05, 4.69) is 5.32 Å². The highest BCUT2D eigenvalue weighted by Gasteiger charge is 2.32. The van der Waals surface area contributed by atoms with Crippen molar-refractivity contribution >= 4 is 46.6 Å². The normalized spacial score (nSPS) is 14.5. The van der Waals surface area contributed by atoms with Crippen molar-refractivity contribution in [2.45, 2.75) is 27.4 Å². The predicted molar refractivity (Wildman–Crippen MR) is 141 cm³/mol. The Bertz CT molecular complexity index is 1300. The van der Waals surface area contributed by atoms with Crippen LogP contribution in [0.4, 0.5) is 5.69 Å². The van der Waals surface area contributed by atoms with Crippen LogP contribution in [0, 0.1) is 20.8 Å². The van der Waals surface area contributed by atoms with Crippen molar-refractivity contribution in [1.29, 1.82) is 0 Å². The van der Waals surface area contributed by atoms with Gasteiger partial charge in [-0.05, 0) is 97.7 Å². The van der Waals surface area contributed by atoms with E-state index in [0.29, 0.717) is 23.2 Å². The highest BCUT2D eigenvalue weighted by molar-refractivity contribution is 7.80. The van der Waals surface area contributed by atoms with Crippen molar-refractivity contribution < 1.29 is 14.3 Å². The zero-order valence-electron chi connectivity index (χ0n) is 19.4. The first-order valence-electron chi connectivity index (χ1n) is 10.8.